The van der Waals surface area contributed by atoms with Crippen molar-refractivity contribution in [3.63, 3.8) is 0 Å². The van der Waals surface area contributed by atoms with Gasteiger partial charge in [0, 0.05) is 25.7 Å². The minimum atomic E-state index is 0.480. The van der Waals surface area contributed by atoms with Crippen molar-refractivity contribution in [3.8, 4) is 0 Å². The van der Waals surface area contributed by atoms with Gasteiger partial charge in [-0.15, -0.1) is 0 Å². The predicted molar refractivity (Wildman–Crippen MR) is 78.9 cm³/mol. The maximum absolute atomic E-state index is 5.46. The topological polar surface area (TPSA) is 41.8 Å². The van der Waals surface area contributed by atoms with Crippen LogP contribution in [-0.2, 0) is 13.6 Å². The Hall–Kier alpha value is -1.14. The number of hydrogen-bond donors (Lipinski definition) is 1. The minimum Gasteiger partial charge on any atom is -0.328 e. The average molecular weight is 279 g/mol. The zero-order valence-corrected chi connectivity index (χ0v) is 12.8. The standard InChI is InChI=1S/C13H21N5S/c1-8(16(3)10-5-6-10)7-18-12-11(14-13(18)19)9(2)15-17(12)4/h8,10H,5-7H2,1-4H3,(H,14,19). The molecule has 1 N–H and O–H groups in total. The van der Waals surface area contributed by atoms with Gasteiger partial charge in [0.05, 0.1) is 5.69 Å². The van der Waals surface area contributed by atoms with Crippen LogP contribution in [0.4, 0.5) is 0 Å². The Labute approximate surface area is 118 Å². The summed E-state index contributed by atoms with van der Waals surface area (Å²) in [5.41, 5.74) is 3.16. The molecule has 0 aromatic carbocycles. The molecule has 2 aromatic rings. The van der Waals surface area contributed by atoms with Gasteiger partial charge < -0.3 is 9.55 Å². The summed E-state index contributed by atoms with van der Waals surface area (Å²) in [5.74, 6) is 0. The number of fused-ring (bicyclic) bond motifs is 1. The number of hydrogen-bond acceptors (Lipinski definition) is 3. The van der Waals surface area contributed by atoms with Gasteiger partial charge in [0.15, 0.2) is 10.4 Å². The molecule has 1 fully saturated rings. The number of aromatic nitrogens is 4. The molecule has 2 heterocycles. The number of nitrogens with zero attached hydrogens (tertiary/aromatic N) is 4. The van der Waals surface area contributed by atoms with E-state index in [1.54, 1.807) is 0 Å². The number of rotatable bonds is 4. The van der Waals surface area contributed by atoms with Crippen molar-refractivity contribution in [1.82, 2.24) is 24.2 Å². The van der Waals surface area contributed by atoms with Crippen LogP contribution in [0, 0.1) is 11.7 Å². The van der Waals surface area contributed by atoms with Gasteiger partial charge >= 0.3 is 0 Å². The minimum absolute atomic E-state index is 0.480. The number of nitrogens with one attached hydrogen (secondary N) is 1. The molecule has 0 amide bonds. The van der Waals surface area contributed by atoms with E-state index in [9.17, 15) is 0 Å². The van der Waals surface area contributed by atoms with Crippen LogP contribution in [0.3, 0.4) is 0 Å². The zero-order valence-electron chi connectivity index (χ0n) is 12.0. The van der Waals surface area contributed by atoms with E-state index < -0.39 is 0 Å². The molecule has 1 atom stereocenters. The lowest BCUT2D eigenvalue weighted by atomic mass is 10.3. The van der Waals surface area contributed by atoms with E-state index in [1.807, 2.05) is 18.7 Å². The lowest BCUT2D eigenvalue weighted by Gasteiger charge is -2.24. The Morgan fingerprint density at radius 1 is 1.53 bits per heavy atom. The van der Waals surface area contributed by atoms with Crippen LogP contribution in [0.1, 0.15) is 25.5 Å². The Morgan fingerprint density at radius 3 is 2.84 bits per heavy atom. The Bertz CT molecular complexity index is 660. The molecular formula is C13H21N5S. The molecule has 1 saturated carbocycles. The fraction of sp³-hybridized carbons (Fsp3) is 0.692. The number of aromatic amines is 1. The molecule has 0 saturated heterocycles. The fourth-order valence-corrected chi connectivity index (χ4v) is 3.04. The maximum Gasteiger partial charge on any atom is 0.179 e. The number of aryl methyl sites for hydroxylation is 2. The van der Waals surface area contributed by atoms with Crippen molar-refractivity contribution < 1.29 is 0 Å². The van der Waals surface area contributed by atoms with Crippen molar-refractivity contribution >= 4 is 23.4 Å². The molecule has 0 radical (unpaired) electrons. The molecule has 0 spiro atoms. The molecule has 6 heteroatoms. The summed E-state index contributed by atoms with van der Waals surface area (Å²) in [6, 6.07) is 1.25. The molecule has 3 rings (SSSR count). The summed E-state index contributed by atoms with van der Waals surface area (Å²) in [6.45, 7) is 5.19. The second-order valence-corrected chi connectivity index (χ2v) is 6.08. The molecular weight excluding hydrogens is 258 g/mol. The average Bonchev–Trinajstić information content (AvgIpc) is 3.09. The molecule has 5 nitrogen and oxygen atoms in total. The first-order valence-corrected chi connectivity index (χ1v) is 7.24. The third-order valence-corrected chi connectivity index (χ3v) is 4.51. The summed E-state index contributed by atoms with van der Waals surface area (Å²) in [7, 11) is 4.19. The number of H-pyrrole nitrogens is 1. The van der Waals surface area contributed by atoms with E-state index >= 15 is 0 Å². The monoisotopic (exact) mass is 279 g/mol. The number of imidazole rings is 1. The van der Waals surface area contributed by atoms with Gasteiger partial charge in [0.2, 0.25) is 0 Å². The van der Waals surface area contributed by atoms with Gasteiger partial charge in [-0.05, 0) is 46.0 Å². The van der Waals surface area contributed by atoms with Crippen LogP contribution in [-0.4, -0.2) is 43.4 Å². The van der Waals surface area contributed by atoms with Crippen LogP contribution < -0.4 is 0 Å². The van der Waals surface area contributed by atoms with Gasteiger partial charge in [-0.1, -0.05) is 0 Å². The molecule has 0 bridgehead atoms. The van der Waals surface area contributed by atoms with Gasteiger partial charge in [-0.25, -0.2) is 0 Å². The van der Waals surface area contributed by atoms with Gasteiger partial charge in [0.1, 0.15) is 5.52 Å². The normalized spacial score (nSPS) is 17.5. The molecule has 1 aliphatic rings. The highest BCUT2D eigenvalue weighted by atomic mass is 32.1. The van der Waals surface area contributed by atoms with Crippen LogP contribution >= 0.6 is 12.2 Å². The SMILES string of the molecule is Cc1nn(C)c2c1[nH]c(=S)n2CC(C)N(C)C1CC1. The van der Waals surface area contributed by atoms with Crippen molar-refractivity contribution in [3.05, 3.63) is 10.5 Å². The Morgan fingerprint density at radius 2 is 2.21 bits per heavy atom. The van der Waals surface area contributed by atoms with E-state index in [1.165, 1.54) is 12.8 Å². The second-order valence-electron chi connectivity index (χ2n) is 5.69. The first-order chi connectivity index (χ1) is 8.99. The highest BCUT2D eigenvalue weighted by molar-refractivity contribution is 7.71. The fourth-order valence-electron chi connectivity index (χ4n) is 2.78. The molecule has 1 aliphatic carbocycles. The first kappa shape index (κ1) is 12.9. The van der Waals surface area contributed by atoms with Gasteiger partial charge in [-0.3, -0.25) is 9.58 Å². The van der Waals surface area contributed by atoms with Crippen LogP contribution in [0.25, 0.3) is 11.2 Å². The quantitative estimate of drug-likeness (QED) is 0.873. The van der Waals surface area contributed by atoms with E-state index in [2.05, 4.69) is 33.5 Å². The summed E-state index contributed by atoms with van der Waals surface area (Å²) >= 11 is 5.46. The predicted octanol–water partition coefficient (Wildman–Crippen LogP) is 2.22. The van der Waals surface area contributed by atoms with E-state index in [0.29, 0.717) is 6.04 Å². The summed E-state index contributed by atoms with van der Waals surface area (Å²) in [4.78, 5) is 5.74. The van der Waals surface area contributed by atoms with Crippen LogP contribution in [0.2, 0.25) is 0 Å². The highest BCUT2D eigenvalue weighted by Gasteiger charge is 2.29. The molecule has 104 valence electrons. The molecule has 2 aromatic heterocycles. The second kappa shape index (κ2) is 4.45. The summed E-state index contributed by atoms with van der Waals surface area (Å²) in [5, 5.41) is 4.46. The summed E-state index contributed by atoms with van der Waals surface area (Å²) < 4.78 is 4.89. The molecule has 19 heavy (non-hydrogen) atoms. The van der Waals surface area contributed by atoms with Crippen molar-refractivity contribution in [2.24, 2.45) is 7.05 Å². The van der Waals surface area contributed by atoms with Crippen molar-refractivity contribution in [2.75, 3.05) is 7.05 Å². The lowest BCUT2D eigenvalue weighted by Crippen LogP contribution is -2.34. The third kappa shape index (κ3) is 2.12. The molecule has 0 aliphatic heterocycles. The number of likely N-dealkylation sites (N-methyl/N-ethyl adjacent to an activating group) is 1. The van der Waals surface area contributed by atoms with Gasteiger partial charge in [-0.2, -0.15) is 5.10 Å². The van der Waals surface area contributed by atoms with E-state index in [0.717, 1.165) is 34.2 Å². The van der Waals surface area contributed by atoms with Crippen molar-refractivity contribution in [1.29, 1.82) is 0 Å². The lowest BCUT2D eigenvalue weighted by molar-refractivity contribution is 0.226. The Balaban J connectivity index is 1.95. The Kier molecular flexibility index (Phi) is 3.02. The maximum atomic E-state index is 5.46. The zero-order chi connectivity index (χ0) is 13.7. The molecule has 1 unspecified atom stereocenters. The van der Waals surface area contributed by atoms with Crippen molar-refractivity contribution in [2.45, 2.75) is 45.3 Å². The third-order valence-electron chi connectivity index (χ3n) is 4.19. The largest absolute Gasteiger partial charge is 0.328 e. The summed E-state index contributed by atoms with van der Waals surface area (Å²) in [6.07, 6.45) is 2.67. The van der Waals surface area contributed by atoms with E-state index in [4.69, 9.17) is 12.2 Å². The van der Waals surface area contributed by atoms with Gasteiger partial charge in [0.25, 0.3) is 0 Å². The van der Waals surface area contributed by atoms with Crippen LogP contribution in [0.15, 0.2) is 0 Å². The highest BCUT2D eigenvalue weighted by Crippen LogP contribution is 2.28. The first-order valence-electron chi connectivity index (χ1n) is 6.83. The smallest absolute Gasteiger partial charge is 0.179 e. The van der Waals surface area contributed by atoms with Crippen LogP contribution in [0.5, 0.6) is 0 Å². The van der Waals surface area contributed by atoms with E-state index in [-0.39, 0.29) is 0 Å².